The Morgan fingerprint density at radius 2 is 2.00 bits per heavy atom. The van der Waals surface area contributed by atoms with E-state index in [-0.39, 0.29) is 12.0 Å². The molecule has 0 saturated carbocycles. The average molecular weight is 190 g/mol. The van der Waals surface area contributed by atoms with Gasteiger partial charge in [-0.1, -0.05) is 43.3 Å². The SMILES string of the molecule is C=CC(C)(CO)CCc1ccccc1. The van der Waals surface area contributed by atoms with E-state index >= 15 is 0 Å². The van der Waals surface area contributed by atoms with Crippen LogP contribution in [0, 0.1) is 5.41 Å². The first-order chi connectivity index (χ1) is 6.70. The predicted octanol–water partition coefficient (Wildman–Crippen LogP) is 2.80. The first-order valence-electron chi connectivity index (χ1n) is 4.98. The molecule has 76 valence electrons. The molecule has 1 nitrogen and oxygen atoms in total. The molecule has 0 saturated heterocycles. The van der Waals surface area contributed by atoms with Gasteiger partial charge < -0.3 is 5.11 Å². The van der Waals surface area contributed by atoms with E-state index in [1.54, 1.807) is 0 Å². The van der Waals surface area contributed by atoms with Crippen molar-refractivity contribution in [3.05, 3.63) is 48.6 Å². The van der Waals surface area contributed by atoms with Gasteiger partial charge in [0.15, 0.2) is 0 Å². The maximum atomic E-state index is 9.19. The molecule has 0 fully saturated rings. The summed E-state index contributed by atoms with van der Waals surface area (Å²) < 4.78 is 0. The zero-order valence-electron chi connectivity index (χ0n) is 8.74. The third kappa shape index (κ3) is 3.00. The van der Waals surface area contributed by atoms with Gasteiger partial charge in [0.1, 0.15) is 0 Å². The van der Waals surface area contributed by atoms with Crippen LogP contribution in [0.1, 0.15) is 18.9 Å². The van der Waals surface area contributed by atoms with Gasteiger partial charge in [-0.15, -0.1) is 6.58 Å². The maximum absolute atomic E-state index is 9.19. The largest absolute Gasteiger partial charge is 0.395 e. The van der Waals surface area contributed by atoms with Gasteiger partial charge >= 0.3 is 0 Å². The van der Waals surface area contributed by atoms with E-state index in [0.717, 1.165) is 12.8 Å². The molecule has 0 heterocycles. The Morgan fingerprint density at radius 3 is 2.50 bits per heavy atom. The van der Waals surface area contributed by atoms with Crippen molar-refractivity contribution in [2.75, 3.05) is 6.61 Å². The summed E-state index contributed by atoms with van der Waals surface area (Å²) in [6, 6.07) is 10.3. The number of hydrogen-bond donors (Lipinski definition) is 1. The van der Waals surface area contributed by atoms with E-state index in [2.05, 4.69) is 18.7 Å². The Balaban J connectivity index is 2.52. The van der Waals surface area contributed by atoms with Crippen LogP contribution in [0.15, 0.2) is 43.0 Å². The molecule has 0 amide bonds. The van der Waals surface area contributed by atoms with Crippen molar-refractivity contribution in [1.82, 2.24) is 0 Å². The van der Waals surface area contributed by atoms with Crippen LogP contribution in [0.4, 0.5) is 0 Å². The van der Waals surface area contributed by atoms with E-state index in [1.165, 1.54) is 5.56 Å². The Hall–Kier alpha value is -1.08. The molecule has 0 aliphatic carbocycles. The van der Waals surface area contributed by atoms with Gasteiger partial charge in [-0.3, -0.25) is 0 Å². The number of rotatable bonds is 5. The number of aryl methyl sites for hydroxylation is 1. The van der Waals surface area contributed by atoms with E-state index in [1.807, 2.05) is 31.2 Å². The lowest BCUT2D eigenvalue weighted by Gasteiger charge is -2.22. The number of hydrogen-bond acceptors (Lipinski definition) is 1. The third-order valence-electron chi connectivity index (χ3n) is 2.68. The molecule has 0 aromatic heterocycles. The normalized spacial score (nSPS) is 14.7. The summed E-state index contributed by atoms with van der Waals surface area (Å²) >= 11 is 0. The second kappa shape index (κ2) is 4.97. The van der Waals surface area contributed by atoms with Crippen molar-refractivity contribution < 1.29 is 5.11 Å². The van der Waals surface area contributed by atoms with Crippen molar-refractivity contribution in [2.24, 2.45) is 5.41 Å². The van der Waals surface area contributed by atoms with Crippen LogP contribution in [0.3, 0.4) is 0 Å². The van der Waals surface area contributed by atoms with Crippen LogP contribution in [-0.2, 0) is 6.42 Å². The predicted molar refractivity (Wildman–Crippen MR) is 60.2 cm³/mol. The topological polar surface area (TPSA) is 20.2 Å². The minimum absolute atomic E-state index is 0.143. The van der Waals surface area contributed by atoms with Crippen molar-refractivity contribution in [2.45, 2.75) is 19.8 Å². The van der Waals surface area contributed by atoms with Crippen LogP contribution in [0.5, 0.6) is 0 Å². The van der Waals surface area contributed by atoms with Crippen molar-refractivity contribution in [1.29, 1.82) is 0 Å². The van der Waals surface area contributed by atoms with Gasteiger partial charge in [-0.05, 0) is 18.4 Å². The van der Waals surface area contributed by atoms with Crippen LogP contribution in [0.25, 0.3) is 0 Å². The minimum Gasteiger partial charge on any atom is -0.395 e. The van der Waals surface area contributed by atoms with E-state index < -0.39 is 0 Å². The molecule has 0 aliphatic heterocycles. The summed E-state index contributed by atoms with van der Waals surface area (Å²) in [4.78, 5) is 0. The number of benzene rings is 1. The highest BCUT2D eigenvalue weighted by Gasteiger charge is 2.18. The van der Waals surface area contributed by atoms with Gasteiger partial charge in [-0.25, -0.2) is 0 Å². The monoisotopic (exact) mass is 190 g/mol. The van der Waals surface area contributed by atoms with E-state index in [4.69, 9.17) is 0 Å². The molecule has 1 unspecified atom stereocenters. The van der Waals surface area contributed by atoms with E-state index in [0.29, 0.717) is 0 Å². The third-order valence-corrected chi connectivity index (χ3v) is 2.68. The fraction of sp³-hybridized carbons (Fsp3) is 0.385. The molecule has 0 spiro atoms. The van der Waals surface area contributed by atoms with Crippen molar-refractivity contribution in [3.63, 3.8) is 0 Å². The molecule has 0 bridgehead atoms. The molecule has 14 heavy (non-hydrogen) atoms. The quantitative estimate of drug-likeness (QED) is 0.708. The summed E-state index contributed by atoms with van der Waals surface area (Å²) in [5.74, 6) is 0. The van der Waals surface area contributed by atoms with Gasteiger partial charge in [0.2, 0.25) is 0 Å². The lowest BCUT2D eigenvalue weighted by atomic mass is 9.85. The second-order valence-corrected chi connectivity index (χ2v) is 4.00. The zero-order valence-corrected chi connectivity index (χ0v) is 8.74. The number of aliphatic hydroxyl groups excluding tert-OH is 1. The highest BCUT2D eigenvalue weighted by atomic mass is 16.3. The fourth-order valence-electron chi connectivity index (χ4n) is 1.32. The van der Waals surface area contributed by atoms with Crippen molar-refractivity contribution in [3.8, 4) is 0 Å². The molecule has 1 N–H and O–H groups in total. The minimum atomic E-state index is -0.143. The van der Waals surface area contributed by atoms with Gasteiger partial charge in [0.05, 0.1) is 6.61 Å². The summed E-state index contributed by atoms with van der Waals surface area (Å²) in [6.45, 7) is 5.96. The standard InChI is InChI=1S/C13H18O/c1-3-13(2,11-14)10-9-12-7-5-4-6-8-12/h3-8,14H,1,9-11H2,2H3. The molecule has 1 rings (SSSR count). The molecule has 1 atom stereocenters. The summed E-state index contributed by atoms with van der Waals surface area (Å²) in [7, 11) is 0. The van der Waals surface area contributed by atoms with Crippen LogP contribution in [0.2, 0.25) is 0 Å². The first kappa shape index (κ1) is 11.0. The molecule has 1 heteroatoms. The van der Waals surface area contributed by atoms with Gasteiger partial charge in [0, 0.05) is 5.41 Å². The smallest absolute Gasteiger partial charge is 0.0519 e. The van der Waals surface area contributed by atoms with Crippen molar-refractivity contribution >= 4 is 0 Å². The second-order valence-electron chi connectivity index (χ2n) is 4.00. The maximum Gasteiger partial charge on any atom is 0.0519 e. The highest BCUT2D eigenvalue weighted by Crippen LogP contribution is 2.23. The Morgan fingerprint density at radius 1 is 1.36 bits per heavy atom. The Kier molecular flexibility index (Phi) is 3.90. The lowest BCUT2D eigenvalue weighted by molar-refractivity contribution is 0.176. The van der Waals surface area contributed by atoms with E-state index in [9.17, 15) is 5.11 Å². The van der Waals surface area contributed by atoms with Crippen LogP contribution < -0.4 is 0 Å². The summed E-state index contributed by atoms with van der Waals surface area (Å²) in [5, 5.41) is 9.19. The molecule has 1 aromatic rings. The average Bonchev–Trinajstić information content (AvgIpc) is 2.27. The molecular weight excluding hydrogens is 172 g/mol. The molecule has 0 radical (unpaired) electrons. The molecule has 1 aromatic carbocycles. The molecule has 0 aliphatic rings. The summed E-state index contributed by atoms with van der Waals surface area (Å²) in [6.07, 6.45) is 3.77. The Labute approximate surface area is 86.1 Å². The van der Waals surface area contributed by atoms with Crippen LogP contribution >= 0.6 is 0 Å². The lowest BCUT2D eigenvalue weighted by Crippen LogP contribution is -2.18. The van der Waals surface area contributed by atoms with Gasteiger partial charge in [0.25, 0.3) is 0 Å². The summed E-state index contributed by atoms with van der Waals surface area (Å²) in [5.41, 5.74) is 1.17. The zero-order chi connectivity index (χ0) is 10.4. The van der Waals surface area contributed by atoms with Gasteiger partial charge in [-0.2, -0.15) is 0 Å². The number of aliphatic hydroxyl groups is 1. The molecular formula is C13H18O. The first-order valence-corrected chi connectivity index (χ1v) is 4.98. The van der Waals surface area contributed by atoms with Crippen LogP contribution in [-0.4, -0.2) is 11.7 Å². The Bertz CT molecular complexity index is 279. The fourth-order valence-corrected chi connectivity index (χ4v) is 1.32. The highest BCUT2D eigenvalue weighted by molar-refractivity contribution is 5.15.